The Labute approximate surface area is 103 Å². The Bertz CT molecular complexity index is 374. The summed E-state index contributed by atoms with van der Waals surface area (Å²) in [5, 5.41) is 3.15. The minimum atomic E-state index is -4.24. The second-order valence-corrected chi connectivity index (χ2v) is 5.22. The molecule has 0 radical (unpaired) electrons. The molecule has 0 spiro atoms. The Kier molecular flexibility index (Phi) is 3.99. The zero-order valence-electron chi connectivity index (χ0n) is 9.26. The van der Waals surface area contributed by atoms with E-state index in [9.17, 15) is 13.2 Å². The van der Waals surface area contributed by atoms with Gasteiger partial charge in [-0.05, 0) is 36.4 Å². The molecule has 0 aromatic heterocycles. The minimum Gasteiger partial charge on any atom is -0.316 e. The molecule has 0 aliphatic carbocycles. The lowest BCUT2D eigenvalue weighted by Crippen LogP contribution is -2.43. The molecule has 1 saturated heterocycles. The van der Waals surface area contributed by atoms with E-state index < -0.39 is 11.7 Å². The number of rotatable bonds is 4. The van der Waals surface area contributed by atoms with E-state index in [-0.39, 0.29) is 0 Å². The fourth-order valence-corrected chi connectivity index (χ4v) is 2.88. The second-order valence-electron chi connectivity index (χ2n) is 4.19. The predicted molar refractivity (Wildman–Crippen MR) is 64.0 cm³/mol. The molecule has 1 heterocycles. The van der Waals surface area contributed by atoms with Crippen LogP contribution in [0.2, 0.25) is 0 Å². The van der Waals surface area contributed by atoms with Gasteiger partial charge in [0.2, 0.25) is 0 Å². The van der Waals surface area contributed by atoms with Crippen LogP contribution >= 0.6 is 11.8 Å². The van der Waals surface area contributed by atoms with E-state index in [1.807, 2.05) is 0 Å². The molecule has 1 aromatic rings. The summed E-state index contributed by atoms with van der Waals surface area (Å²) >= 11 is 1.58. The van der Waals surface area contributed by atoms with Crippen molar-refractivity contribution in [3.8, 4) is 0 Å². The molecule has 2 rings (SSSR count). The van der Waals surface area contributed by atoms with Gasteiger partial charge in [-0.25, -0.2) is 0 Å². The standard InChI is InChI=1S/C12H14F3NS/c13-12(14,15)11-4-2-1-3-10(11)8-17-7-9-5-16-6-9/h1-4,9,16H,5-8H2. The lowest BCUT2D eigenvalue weighted by Gasteiger charge is -2.26. The Morgan fingerprint density at radius 3 is 2.53 bits per heavy atom. The third-order valence-corrected chi connectivity index (χ3v) is 4.02. The fourth-order valence-electron chi connectivity index (χ4n) is 1.72. The molecule has 94 valence electrons. The van der Waals surface area contributed by atoms with Crippen LogP contribution in [-0.2, 0) is 11.9 Å². The summed E-state index contributed by atoms with van der Waals surface area (Å²) in [6.45, 7) is 1.99. The highest BCUT2D eigenvalue weighted by Crippen LogP contribution is 2.33. The number of alkyl halides is 3. The normalized spacial score (nSPS) is 16.9. The lowest BCUT2D eigenvalue weighted by atomic mass is 10.1. The Balaban J connectivity index is 1.94. The van der Waals surface area contributed by atoms with E-state index in [4.69, 9.17) is 0 Å². The van der Waals surface area contributed by atoms with Crippen LogP contribution in [0.5, 0.6) is 0 Å². The van der Waals surface area contributed by atoms with Crippen LogP contribution in [0.4, 0.5) is 13.2 Å². The number of hydrogen-bond acceptors (Lipinski definition) is 2. The number of nitrogens with one attached hydrogen (secondary N) is 1. The predicted octanol–water partition coefficient (Wildman–Crippen LogP) is 3.16. The van der Waals surface area contributed by atoms with Crippen molar-refractivity contribution in [2.24, 2.45) is 5.92 Å². The van der Waals surface area contributed by atoms with Gasteiger partial charge >= 0.3 is 6.18 Å². The van der Waals surface area contributed by atoms with Gasteiger partial charge in [0.15, 0.2) is 0 Å². The maximum absolute atomic E-state index is 12.7. The zero-order valence-corrected chi connectivity index (χ0v) is 10.1. The first-order valence-electron chi connectivity index (χ1n) is 5.51. The molecule has 1 nitrogen and oxygen atoms in total. The van der Waals surface area contributed by atoms with Crippen molar-refractivity contribution in [3.05, 3.63) is 35.4 Å². The number of thioether (sulfide) groups is 1. The summed E-state index contributed by atoms with van der Waals surface area (Å²) in [5.74, 6) is 1.99. The maximum Gasteiger partial charge on any atom is 0.416 e. The highest BCUT2D eigenvalue weighted by atomic mass is 32.2. The van der Waals surface area contributed by atoms with E-state index >= 15 is 0 Å². The quantitative estimate of drug-likeness (QED) is 0.893. The molecule has 0 amide bonds. The Hall–Kier alpha value is -0.680. The summed E-state index contributed by atoms with van der Waals surface area (Å²) in [4.78, 5) is 0. The lowest BCUT2D eigenvalue weighted by molar-refractivity contribution is -0.138. The van der Waals surface area contributed by atoms with E-state index in [1.54, 1.807) is 23.9 Å². The molecule has 1 aliphatic rings. The first-order valence-corrected chi connectivity index (χ1v) is 6.66. The Morgan fingerprint density at radius 1 is 1.24 bits per heavy atom. The van der Waals surface area contributed by atoms with Gasteiger partial charge < -0.3 is 5.32 Å². The van der Waals surface area contributed by atoms with E-state index in [0.717, 1.165) is 24.9 Å². The van der Waals surface area contributed by atoms with E-state index in [1.165, 1.54) is 6.07 Å². The van der Waals surface area contributed by atoms with Gasteiger partial charge in [0, 0.05) is 5.75 Å². The van der Waals surface area contributed by atoms with Crippen LogP contribution in [0.25, 0.3) is 0 Å². The molecule has 17 heavy (non-hydrogen) atoms. The average Bonchev–Trinajstić information content (AvgIpc) is 2.21. The first kappa shape index (κ1) is 12.8. The van der Waals surface area contributed by atoms with Gasteiger partial charge in [-0.2, -0.15) is 24.9 Å². The van der Waals surface area contributed by atoms with Gasteiger partial charge in [0.25, 0.3) is 0 Å². The van der Waals surface area contributed by atoms with Crippen molar-refractivity contribution in [1.82, 2.24) is 5.32 Å². The SMILES string of the molecule is FC(F)(F)c1ccccc1CSCC1CNC1. The maximum atomic E-state index is 12.7. The van der Waals surface area contributed by atoms with Gasteiger partial charge in [-0.15, -0.1) is 0 Å². The van der Waals surface area contributed by atoms with Crippen molar-refractivity contribution in [2.45, 2.75) is 11.9 Å². The summed E-state index contributed by atoms with van der Waals surface area (Å²) in [6, 6.07) is 5.82. The summed E-state index contributed by atoms with van der Waals surface area (Å²) in [6.07, 6.45) is -4.24. The number of halogens is 3. The van der Waals surface area contributed by atoms with E-state index in [0.29, 0.717) is 17.2 Å². The fraction of sp³-hybridized carbons (Fsp3) is 0.500. The highest BCUT2D eigenvalue weighted by molar-refractivity contribution is 7.98. The third-order valence-electron chi connectivity index (χ3n) is 2.80. The van der Waals surface area contributed by atoms with Crippen LogP contribution in [-0.4, -0.2) is 18.8 Å². The highest BCUT2D eigenvalue weighted by Gasteiger charge is 2.32. The van der Waals surface area contributed by atoms with Crippen LogP contribution < -0.4 is 5.32 Å². The van der Waals surface area contributed by atoms with Crippen LogP contribution in [0.1, 0.15) is 11.1 Å². The van der Waals surface area contributed by atoms with Crippen molar-refractivity contribution in [3.63, 3.8) is 0 Å². The topological polar surface area (TPSA) is 12.0 Å². The van der Waals surface area contributed by atoms with Crippen molar-refractivity contribution < 1.29 is 13.2 Å². The average molecular weight is 261 g/mol. The zero-order chi connectivity index (χ0) is 12.3. The van der Waals surface area contributed by atoms with Crippen molar-refractivity contribution in [2.75, 3.05) is 18.8 Å². The van der Waals surface area contributed by atoms with Crippen molar-refractivity contribution >= 4 is 11.8 Å². The van der Waals surface area contributed by atoms with Crippen LogP contribution in [0.15, 0.2) is 24.3 Å². The van der Waals surface area contributed by atoms with E-state index in [2.05, 4.69) is 5.32 Å². The number of hydrogen-bond donors (Lipinski definition) is 1. The first-order chi connectivity index (χ1) is 8.07. The molecule has 0 saturated carbocycles. The molecular formula is C12H14F3NS. The van der Waals surface area contributed by atoms with Crippen LogP contribution in [0.3, 0.4) is 0 Å². The molecule has 0 unspecified atom stereocenters. The van der Waals surface area contributed by atoms with Gasteiger partial charge in [-0.1, -0.05) is 18.2 Å². The molecule has 1 aromatic carbocycles. The third kappa shape index (κ3) is 3.39. The van der Waals surface area contributed by atoms with Gasteiger partial charge in [-0.3, -0.25) is 0 Å². The smallest absolute Gasteiger partial charge is 0.316 e. The summed E-state index contributed by atoms with van der Waals surface area (Å²) < 4.78 is 38.1. The molecule has 1 aliphatic heterocycles. The summed E-state index contributed by atoms with van der Waals surface area (Å²) in [5.41, 5.74) is -0.114. The number of benzene rings is 1. The monoisotopic (exact) mass is 261 g/mol. The van der Waals surface area contributed by atoms with Crippen molar-refractivity contribution in [1.29, 1.82) is 0 Å². The minimum absolute atomic E-state index is 0.386. The molecule has 5 heteroatoms. The van der Waals surface area contributed by atoms with Crippen LogP contribution in [0, 0.1) is 5.92 Å². The summed E-state index contributed by atoms with van der Waals surface area (Å²) in [7, 11) is 0. The largest absolute Gasteiger partial charge is 0.416 e. The molecule has 0 atom stereocenters. The molecular weight excluding hydrogens is 247 g/mol. The second kappa shape index (κ2) is 5.31. The molecule has 1 N–H and O–H groups in total. The Morgan fingerprint density at radius 2 is 1.94 bits per heavy atom. The molecule has 1 fully saturated rings. The molecule has 0 bridgehead atoms. The van der Waals surface area contributed by atoms with Gasteiger partial charge in [0.05, 0.1) is 5.56 Å². The van der Waals surface area contributed by atoms with Gasteiger partial charge in [0.1, 0.15) is 0 Å².